The SMILES string of the molecule is Cc1cc(C)cc(OC2(C)CCCNC2)c1. The Morgan fingerprint density at radius 1 is 1.19 bits per heavy atom. The Hall–Kier alpha value is -1.02. The highest BCUT2D eigenvalue weighted by Crippen LogP contribution is 2.25. The lowest BCUT2D eigenvalue weighted by Gasteiger charge is -2.34. The van der Waals surface area contributed by atoms with Crippen molar-refractivity contribution in [2.75, 3.05) is 13.1 Å². The topological polar surface area (TPSA) is 21.3 Å². The average molecular weight is 219 g/mol. The largest absolute Gasteiger partial charge is 0.486 e. The van der Waals surface area contributed by atoms with Gasteiger partial charge in [0.05, 0.1) is 0 Å². The van der Waals surface area contributed by atoms with Crippen LogP contribution < -0.4 is 10.1 Å². The van der Waals surface area contributed by atoms with Gasteiger partial charge in [0.1, 0.15) is 11.4 Å². The van der Waals surface area contributed by atoms with Gasteiger partial charge in [0.2, 0.25) is 0 Å². The van der Waals surface area contributed by atoms with Crippen LogP contribution >= 0.6 is 0 Å². The van der Waals surface area contributed by atoms with Crippen molar-refractivity contribution in [1.29, 1.82) is 0 Å². The van der Waals surface area contributed by atoms with Crippen LogP contribution in [-0.4, -0.2) is 18.7 Å². The summed E-state index contributed by atoms with van der Waals surface area (Å²) in [6.45, 7) is 8.48. The first kappa shape index (κ1) is 11.5. The Labute approximate surface area is 98.0 Å². The molecule has 1 N–H and O–H groups in total. The average Bonchev–Trinajstić information content (AvgIpc) is 2.15. The van der Waals surface area contributed by atoms with Crippen LogP contribution in [0.5, 0.6) is 5.75 Å². The van der Waals surface area contributed by atoms with E-state index in [0.717, 1.165) is 25.3 Å². The van der Waals surface area contributed by atoms with E-state index in [1.807, 2.05) is 0 Å². The molecular formula is C14H21NO. The number of aryl methyl sites for hydroxylation is 2. The monoisotopic (exact) mass is 219 g/mol. The molecule has 0 amide bonds. The predicted octanol–water partition coefficient (Wildman–Crippen LogP) is 2.82. The fraction of sp³-hybridized carbons (Fsp3) is 0.571. The first-order valence-corrected chi connectivity index (χ1v) is 6.05. The van der Waals surface area contributed by atoms with Gasteiger partial charge in [-0.15, -0.1) is 0 Å². The van der Waals surface area contributed by atoms with Crippen LogP contribution in [0.3, 0.4) is 0 Å². The number of nitrogens with one attached hydrogen (secondary N) is 1. The van der Waals surface area contributed by atoms with Crippen molar-refractivity contribution in [3.63, 3.8) is 0 Å². The lowest BCUT2D eigenvalue weighted by atomic mass is 9.96. The molecule has 0 saturated carbocycles. The van der Waals surface area contributed by atoms with E-state index in [2.05, 4.69) is 44.3 Å². The van der Waals surface area contributed by atoms with Gasteiger partial charge >= 0.3 is 0 Å². The number of ether oxygens (including phenoxy) is 1. The number of rotatable bonds is 2. The molecule has 0 aromatic heterocycles. The summed E-state index contributed by atoms with van der Waals surface area (Å²) >= 11 is 0. The van der Waals surface area contributed by atoms with E-state index in [9.17, 15) is 0 Å². The second kappa shape index (κ2) is 4.46. The molecule has 1 heterocycles. The lowest BCUT2D eigenvalue weighted by molar-refractivity contribution is 0.0614. The molecule has 1 unspecified atom stereocenters. The van der Waals surface area contributed by atoms with E-state index in [1.165, 1.54) is 17.5 Å². The first-order valence-electron chi connectivity index (χ1n) is 6.05. The third-order valence-corrected chi connectivity index (χ3v) is 3.12. The number of piperidine rings is 1. The Morgan fingerprint density at radius 3 is 2.44 bits per heavy atom. The summed E-state index contributed by atoms with van der Waals surface area (Å²) in [7, 11) is 0. The maximum absolute atomic E-state index is 6.14. The Morgan fingerprint density at radius 2 is 1.88 bits per heavy atom. The molecule has 0 bridgehead atoms. The molecule has 1 aromatic carbocycles. The smallest absolute Gasteiger partial charge is 0.120 e. The summed E-state index contributed by atoms with van der Waals surface area (Å²) in [5.41, 5.74) is 2.49. The van der Waals surface area contributed by atoms with Crippen molar-refractivity contribution < 1.29 is 4.74 Å². The molecule has 2 heteroatoms. The molecule has 2 nitrogen and oxygen atoms in total. The van der Waals surface area contributed by atoms with Crippen LogP contribution in [0, 0.1) is 13.8 Å². The van der Waals surface area contributed by atoms with Crippen LogP contribution in [0.2, 0.25) is 0 Å². The van der Waals surface area contributed by atoms with Crippen molar-refractivity contribution in [2.24, 2.45) is 0 Å². The van der Waals surface area contributed by atoms with Gasteiger partial charge in [0.25, 0.3) is 0 Å². The third-order valence-electron chi connectivity index (χ3n) is 3.12. The number of hydrogen-bond acceptors (Lipinski definition) is 2. The van der Waals surface area contributed by atoms with Crippen molar-refractivity contribution in [1.82, 2.24) is 5.32 Å². The highest BCUT2D eigenvalue weighted by molar-refractivity contribution is 5.33. The van der Waals surface area contributed by atoms with Gasteiger partial charge in [-0.3, -0.25) is 0 Å². The maximum atomic E-state index is 6.14. The van der Waals surface area contributed by atoms with Gasteiger partial charge in [-0.25, -0.2) is 0 Å². The summed E-state index contributed by atoms with van der Waals surface area (Å²) in [5, 5.41) is 3.40. The Bertz CT molecular complexity index is 347. The summed E-state index contributed by atoms with van der Waals surface area (Å²) in [6, 6.07) is 6.41. The molecule has 16 heavy (non-hydrogen) atoms. The summed E-state index contributed by atoms with van der Waals surface area (Å²) < 4.78 is 6.14. The Balaban J connectivity index is 2.13. The van der Waals surface area contributed by atoms with Crippen LogP contribution in [0.1, 0.15) is 30.9 Å². The standard InChI is InChI=1S/C14H21NO/c1-11-7-12(2)9-13(8-11)16-14(3)5-4-6-15-10-14/h7-9,15H,4-6,10H2,1-3H3. The van der Waals surface area contributed by atoms with Gasteiger partial charge < -0.3 is 10.1 Å². The maximum Gasteiger partial charge on any atom is 0.120 e. The Kier molecular flexibility index (Phi) is 3.20. The molecule has 2 rings (SSSR count). The van der Waals surface area contributed by atoms with Gasteiger partial charge in [0, 0.05) is 6.54 Å². The third kappa shape index (κ3) is 2.76. The molecule has 1 aliphatic rings. The van der Waals surface area contributed by atoms with Gasteiger partial charge in [-0.05, 0) is 63.4 Å². The highest BCUT2D eigenvalue weighted by Gasteiger charge is 2.28. The zero-order valence-electron chi connectivity index (χ0n) is 10.5. The van der Waals surface area contributed by atoms with E-state index in [-0.39, 0.29) is 5.60 Å². The van der Waals surface area contributed by atoms with Gasteiger partial charge in [0.15, 0.2) is 0 Å². The second-order valence-electron chi connectivity index (χ2n) is 5.16. The molecule has 0 radical (unpaired) electrons. The van der Waals surface area contributed by atoms with Crippen LogP contribution in [0.15, 0.2) is 18.2 Å². The normalized spacial score (nSPS) is 25.4. The molecule has 1 aliphatic heterocycles. The molecule has 0 spiro atoms. The molecule has 0 aliphatic carbocycles. The zero-order chi connectivity index (χ0) is 11.6. The van der Waals surface area contributed by atoms with Crippen LogP contribution in [-0.2, 0) is 0 Å². The van der Waals surface area contributed by atoms with E-state index >= 15 is 0 Å². The van der Waals surface area contributed by atoms with E-state index < -0.39 is 0 Å². The molecule has 1 atom stereocenters. The van der Waals surface area contributed by atoms with Gasteiger partial charge in [-0.1, -0.05) is 6.07 Å². The molecular weight excluding hydrogens is 198 g/mol. The van der Waals surface area contributed by atoms with Crippen molar-refractivity contribution in [3.05, 3.63) is 29.3 Å². The molecule has 88 valence electrons. The lowest BCUT2D eigenvalue weighted by Crippen LogP contribution is -2.47. The molecule has 1 saturated heterocycles. The first-order chi connectivity index (χ1) is 7.57. The fourth-order valence-corrected chi connectivity index (χ4v) is 2.39. The quantitative estimate of drug-likeness (QED) is 0.826. The minimum absolute atomic E-state index is 0.0432. The van der Waals surface area contributed by atoms with E-state index in [0.29, 0.717) is 0 Å². The van der Waals surface area contributed by atoms with Crippen LogP contribution in [0.25, 0.3) is 0 Å². The summed E-state index contributed by atoms with van der Waals surface area (Å²) in [5.74, 6) is 1.00. The van der Waals surface area contributed by atoms with E-state index in [4.69, 9.17) is 4.74 Å². The summed E-state index contributed by atoms with van der Waals surface area (Å²) in [6.07, 6.45) is 2.33. The van der Waals surface area contributed by atoms with Gasteiger partial charge in [-0.2, -0.15) is 0 Å². The predicted molar refractivity (Wildman–Crippen MR) is 67.1 cm³/mol. The second-order valence-corrected chi connectivity index (χ2v) is 5.16. The fourth-order valence-electron chi connectivity index (χ4n) is 2.39. The highest BCUT2D eigenvalue weighted by atomic mass is 16.5. The minimum Gasteiger partial charge on any atom is -0.486 e. The summed E-state index contributed by atoms with van der Waals surface area (Å²) in [4.78, 5) is 0. The van der Waals surface area contributed by atoms with E-state index in [1.54, 1.807) is 0 Å². The zero-order valence-corrected chi connectivity index (χ0v) is 10.5. The number of benzene rings is 1. The molecule has 1 fully saturated rings. The van der Waals surface area contributed by atoms with Crippen molar-refractivity contribution >= 4 is 0 Å². The minimum atomic E-state index is -0.0432. The number of hydrogen-bond donors (Lipinski definition) is 1. The van der Waals surface area contributed by atoms with Crippen molar-refractivity contribution in [3.8, 4) is 5.75 Å². The van der Waals surface area contributed by atoms with Crippen LogP contribution in [0.4, 0.5) is 0 Å². The molecule has 1 aromatic rings. The van der Waals surface area contributed by atoms with Crippen molar-refractivity contribution in [2.45, 2.75) is 39.2 Å².